The maximum Gasteiger partial charge on any atom is 0.291 e. The van der Waals surface area contributed by atoms with Crippen LogP contribution in [0.3, 0.4) is 0 Å². The molecule has 0 spiro atoms. The summed E-state index contributed by atoms with van der Waals surface area (Å²) in [7, 11) is 0. The minimum absolute atomic E-state index is 0.185. The van der Waals surface area contributed by atoms with Gasteiger partial charge in [0, 0.05) is 6.54 Å². The Morgan fingerprint density at radius 1 is 1.57 bits per heavy atom. The van der Waals surface area contributed by atoms with Crippen molar-refractivity contribution in [3.05, 3.63) is 23.3 Å². The van der Waals surface area contributed by atoms with E-state index in [9.17, 15) is 4.79 Å². The van der Waals surface area contributed by atoms with Crippen molar-refractivity contribution in [3.63, 3.8) is 0 Å². The molecule has 0 aliphatic carbocycles. The lowest BCUT2D eigenvalue weighted by molar-refractivity contribution is 0.0948. The topological polar surface area (TPSA) is 70.7 Å². The summed E-state index contributed by atoms with van der Waals surface area (Å²) in [6, 6.07) is 0. The quantitative estimate of drug-likeness (QED) is 0.699. The van der Waals surface area contributed by atoms with Gasteiger partial charge in [-0.3, -0.25) is 9.89 Å². The molecule has 0 fully saturated rings. The van der Waals surface area contributed by atoms with E-state index in [1.54, 1.807) is 6.92 Å². The number of nitrogens with one attached hydrogen (secondary N) is 2. The number of hydrogen-bond donors (Lipinski definition) is 2. The van der Waals surface area contributed by atoms with Crippen LogP contribution >= 0.6 is 0 Å². The number of amides is 1. The second kappa shape index (κ2) is 4.55. The Bertz CT molecular complexity index is 349. The number of hydrogen-bond acceptors (Lipinski definition) is 3. The first-order valence-corrected chi connectivity index (χ1v) is 4.40. The van der Waals surface area contributed by atoms with Gasteiger partial charge in [-0.2, -0.15) is 0 Å². The molecule has 1 heterocycles. The van der Waals surface area contributed by atoms with E-state index in [0.29, 0.717) is 12.4 Å². The van der Waals surface area contributed by atoms with E-state index >= 15 is 0 Å². The van der Waals surface area contributed by atoms with Gasteiger partial charge in [0.1, 0.15) is 5.82 Å². The maximum atomic E-state index is 11.4. The smallest absolute Gasteiger partial charge is 0.291 e. The highest BCUT2D eigenvalue weighted by atomic mass is 16.2. The molecule has 1 rings (SSSR count). The minimum Gasteiger partial charge on any atom is -0.346 e. The fourth-order valence-corrected chi connectivity index (χ4v) is 0.871. The highest BCUT2D eigenvalue weighted by Crippen LogP contribution is 1.91. The molecule has 1 aromatic rings. The van der Waals surface area contributed by atoms with Crippen LogP contribution < -0.4 is 5.32 Å². The van der Waals surface area contributed by atoms with Gasteiger partial charge in [-0.25, -0.2) is 4.98 Å². The summed E-state index contributed by atoms with van der Waals surface area (Å²) in [5.41, 5.74) is 1.16. The fourth-order valence-electron chi connectivity index (χ4n) is 0.871. The van der Waals surface area contributed by atoms with Crippen LogP contribution in [-0.4, -0.2) is 27.6 Å². The van der Waals surface area contributed by atoms with Gasteiger partial charge in [0.2, 0.25) is 5.82 Å². The second-order valence-electron chi connectivity index (χ2n) is 3.24. The maximum absolute atomic E-state index is 11.4. The molecule has 1 aromatic heterocycles. The number of aromatic amines is 1. The number of carbonyl (C=O) groups is 1. The lowest BCUT2D eigenvalue weighted by Gasteiger charge is -1.97. The molecule has 0 aliphatic heterocycles. The third kappa shape index (κ3) is 3.01. The van der Waals surface area contributed by atoms with Crippen LogP contribution in [-0.2, 0) is 0 Å². The van der Waals surface area contributed by atoms with Crippen LogP contribution in [0.5, 0.6) is 0 Å². The zero-order chi connectivity index (χ0) is 10.6. The molecule has 5 heteroatoms. The van der Waals surface area contributed by atoms with E-state index in [0.717, 1.165) is 5.57 Å². The zero-order valence-electron chi connectivity index (χ0n) is 8.59. The Labute approximate surface area is 82.6 Å². The molecular formula is C9H14N4O. The normalized spacial score (nSPS) is 9.64. The highest BCUT2D eigenvalue weighted by molar-refractivity contribution is 5.90. The largest absolute Gasteiger partial charge is 0.346 e. The number of aryl methyl sites for hydroxylation is 1. The van der Waals surface area contributed by atoms with E-state index < -0.39 is 0 Å². The number of H-pyrrole nitrogens is 1. The molecule has 76 valence electrons. The number of aromatic nitrogens is 3. The number of rotatable bonds is 3. The molecule has 0 saturated carbocycles. The molecule has 0 atom stereocenters. The average molecular weight is 194 g/mol. The first kappa shape index (κ1) is 10.4. The summed E-state index contributed by atoms with van der Waals surface area (Å²) < 4.78 is 0. The molecule has 0 bridgehead atoms. The van der Waals surface area contributed by atoms with Crippen molar-refractivity contribution < 1.29 is 4.79 Å². The van der Waals surface area contributed by atoms with Crippen molar-refractivity contribution in [2.45, 2.75) is 20.8 Å². The predicted octanol–water partition coefficient (Wildman–Crippen LogP) is 0.809. The van der Waals surface area contributed by atoms with E-state index in [1.165, 1.54) is 0 Å². The standard InChI is InChI=1S/C9H14N4O/c1-6(2)4-5-10-9(14)8-11-7(3)12-13-8/h4H,5H2,1-3H3,(H,10,14)(H,11,12,13). The van der Waals surface area contributed by atoms with Crippen LogP contribution in [0, 0.1) is 6.92 Å². The van der Waals surface area contributed by atoms with Gasteiger partial charge >= 0.3 is 0 Å². The Balaban J connectivity index is 2.47. The van der Waals surface area contributed by atoms with Crippen molar-refractivity contribution in [3.8, 4) is 0 Å². The van der Waals surface area contributed by atoms with Crippen molar-refractivity contribution in [1.29, 1.82) is 0 Å². The first-order valence-electron chi connectivity index (χ1n) is 4.40. The molecule has 0 aliphatic rings. The Morgan fingerprint density at radius 3 is 2.79 bits per heavy atom. The minimum atomic E-state index is -0.258. The Kier molecular flexibility index (Phi) is 3.39. The fraction of sp³-hybridized carbons (Fsp3) is 0.444. The van der Waals surface area contributed by atoms with Crippen LogP contribution in [0.1, 0.15) is 30.3 Å². The third-order valence-corrected chi connectivity index (χ3v) is 1.57. The van der Waals surface area contributed by atoms with Gasteiger partial charge in [-0.05, 0) is 20.8 Å². The summed E-state index contributed by atoms with van der Waals surface area (Å²) >= 11 is 0. The van der Waals surface area contributed by atoms with Crippen molar-refractivity contribution in [2.75, 3.05) is 6.54 Å². The number of nitrogens with zero attached hydrogens (tertiary/aromatic N) is 2. The molecule has 1 amide bonds. The molecule has 5 nitrogen and oxygen atoms in total. The number of allylic oxidation sites excluding steroid dienone is 1. The highest BCUT2D eigenvalue weighted by Gasteiger charge is 2.08. The second-order valence-corrected chi connectivity index (χ2v) is 3.24. The summed E-state index contributed by atoms with van der Waals surface area (Å²) in [4.78, 5) is 15.3. The van der Waals surface area contributed by atoms with Crippen LogP contribution in [0.2, 0.25) is 0 Å². The zero-order valence-corrected chi connectivity index (χ0v) is 8.59. The van der Waals surface area contributed by atoms with Crippen LogP contribution in [0.4, 0.5) is 0 Å². The van der Waals surface area contributed by atoms with Crippen molar-refractivity contribution in [1.82, 2.24) is 20.5 Å². The summed E-state index contributed by atoms with van der Waals surface area (Å²) in [5.74, 6) is 0.564. The molecule has 0 unspecified atom stereocenters. The summed E-state index contributed by atoms with van der Waals surface area (Å²) in [5, 5.41) is 9.04. The van der Waals surface area contributed by atoms with Gasteiger partial charge in [0.05, 0.1) is 0 Å². The molecule has 0 saturated heterocycles. The van der Waals surface area contributed by atoms with Crippen LogP contribution in [0.25, 0.3) is 0 Å². The first-order chi connectivity index (χ1) is 6.59. The summed E-state index contributed by atoms with van der Waals surface area (Å²) in [6.45, 7) is 6.21. The van der Waals surface area contributed by atoms with Gasteiger partial charge in [-0.1, -0.05) is 11.6 Å². The van der Waals surface area contributed by atoms with Crippen molar-refractivity contribution >= 4 is 5.91 Å². The van der Waals surface area contributed by atoms with Gasteiger partial charge < -0.3 is 5.32 Å². The summed E-state index contributed by atoms with van der Waals surface area (Å²) in [6.07, 6.45) is 1.93. The predicted molar refractivity (Wildman–Crippen MR) is 52.9 cm³/mol. The molecular weight excluding hydrogens is 180 g/mol. The molecule has 2 N–H and O–H groups in total. The Hall–Kier alpha value is -1.65. The third-order valence-electron chi connectivity index (χ3n) is 1.57. The van der Waals surface area contributed by atoms with Crippen LogP contribution in [0.15, 0.2) is 11.6 Å². The lowest BCUT2D eigenvalue weighted by atomic mass is 10.3. The molecule has 0 radical (unpaired) electrons. The molecule has 14 heavy (non-hydrogen) atoms. The van der Waals surface area contributed by atoms with Gasteiger partial charge in [0.25, 0.3) is 5.91 Å². The monoisotopic (exact) mass is 194 g/mol. The van der Waals surface area contributed by atoms with E-state index in [-0.39, 0.29) is 11.7 Å². The average Bonchev–Trinajstić information content (AvgIpc) is 2.51. The van der Waals surface area contributed by atoms with Gasteiger partial charge in [0.15, 0.2) is 0 Å². The van der Waals surface area contributed by atoms with E-state index in [2.05, 4.69) is 20.5 Å². The number of carbonyl (C=O) groups excluding carboxylic acids is 1. The van der Waals surface area contributed by atoms with E-state index in [1.807, 2.05) is 19.9 Å². The Morgan fingerprint density at radius 2 is 2.29 bits per heavy atom. The van der Waals surface area contributed by atoms with E-state index in [4.69, 9.17) is 0 Å². The van der Waals surface area contributed by atoms with Crippen molar-refractivity contribution in [2.24, 2.45) is 0 Å². The lowest BCUT2D eigenvalue weighted by Crippen LogP contribution is -2.24. The molecule has 0 aromatic carbocycles. The SMILES string of the molecule is CC(C)=CCNC(=O)c1n[nH]c(C)n1. The van der Waals surface area contributed by atoms with Gasteiger partial charge in [-0.15, -0.1) is 5.10 Å².